The fraction of sp³-hybridized carbons (Fsp3) is 0.161. The maximum atomic E-state index is 13.5. The van der Waals surface area contributed by atoms with Gasteiger partial charge >= 0.3 is 0 Å². The minimum atomic E-state index is -4.07. The van der Waals surface area contributed by atoms with Crippen molar-refractivity contribution in [3.05, 3.63) is 113 Å². The van der Waals surface area contributed by atoms with Gasteiger partial charge in [0.1, 0.15) is 18.9 Å². The van der Waals surface area contributed by atoms with Crippen molar-refractivity contribution in [3.8, 4) is 17.2 Å². The van der Waals surface area contributed by atoms with Gasteiger partial charge < -0.3 is 14.2 Å². The summed E-state index contributed by atoms with van der Waals surface area (Å²) in [6, 6.07) is 27.0. The van der Waals surface area contributed by atoms with Gasteiger partial charge in [0.25, 0.3) is 15.9 Å². The predicted octanol–water partition coefficient (Wildman–Crippen LogP) is 5.67. The highest BCUT2D eigenvalue weighted by atomic mass is 35.5. The largest absolute Gasteiger partial charge is 0.497 e. The molecular formula is C31H30ClN3O6S. The van der Waals surface area contributed by atoms with Gasteiger partial charge in [-0.3, -0.25) is 9.10 Å². The fourth-order valence-corrected chi connectivity index (χ4v) is 5.57. The Morgan fingerprint density at radius 1 is 0.929 bits per heavy atom. The van der Waals surface area contributed by atoms with Crippen LogP contribution in [0.4, 0.5) is 5.69 Å². The molecule has 0 fully saturated rings. The van der Waals surface area contributed by atoms with E-state index in [-0.39, 0.29) is 10.6 Å². The summed E-state index contributed by atoms with van der Waals surface area (Å²) in [4.78, 5) is 12.9. The molecule has 42 heavy (non-hydrogen) atoms. The fourth-order valence-electron chi connectivity index (χ4n) is 3.93. The number of hydrazone groups is 1. The predicted molar refractivity (Wildman–Crippen MR) is 163 cm³/mol. The van der Waals surface area contributed by atoms with E-state index in [0.717, 1.165) is 9.87 Å². The number of rotatable bonds is 13. The van der Waals surface area contributed by atoms with Crippen LogP contribution in [0, 0.1) is 0 Å². The number of nitrogens with one attached hydrogen (secondary N) is 1. The number of carbonyl (C=O) groups is 1. The van der Waals surface area contributed by atoms with Crippen molar-refractivity contribution >= 4 is 39.4 Å². The lowest BCUT2D eigenvalue weighted by atomic mass is 10.2. The molecule has 0 spiro atoms. The first kappa shape index (κ1) is 30.4. The molecule has 0 radical (unpaired) electrons. The first-order chi connectivity index (χ1) is 20.3. The Bertz CT molecular complexity index is 1650. The van der Waals surface area contributed by atoms with Gasteiger partial charge in [-0.1, -0.05) is 48.0 Å². The Kier molecular flexibility index (Phi) is 10.4. The lowest BCUT2D eigenvalue weighted by Crippen LogP contribution is -2.39. The molecule has 4 rings (SSSR count). The van der Waals surface area contributed by atoms with Crippen molar-refractivity contribution in [1.29, 1.82) is 0 Å². The molecule has 9 nitrogen and oxygen atoms in total. The topological polar surface area (TPSA) is 107 Å². The smallest absolute Gasteiger partial charge is 0.264 e. The number of carbonyl (C=O) groups excluding carboxylic acids is 1. The molecule has 0 aliphatic rings. The first-order valence-corrected chi connectivity index (χ1v) is 14.8. The van der Waals surface area contributed by atoms with Gasteiger partial charge in [-0.25, -0.2) is 13.8 Å². The third-order valence-corrected chi connectivity index (χ3v) is 7.94. The minimum Gasteiger partial charge on any atom is -0.497 e. The van der Waals surface area contributed by atoms with Gasteiger partial charge in [0.15, 0.2) is 11.5 Å². The van der Waals surface area contributed by atoms with Crippen molar-refractivity contribution < 1.29 is 27.4 Å². The van der Waals surface area contributed by atoms with Gasteiger partial charge in [0, 0.05) is 11.1 Å². The number of methoxy groups -OCH3 is 1. The summed E-state index contributed by atoms with van der Waals surface area (Å²) in [7, 11) is -2.59. The first-order valence-electron chi connectivity index (χ1n) is 13.0. The monoisotopic (exact) mass is 607 g/mol. The molecule has 0 bridgehead atoms. The summed E-state index contributed by atoms with van der Waals surface area (Å²) in [5.41, 5.74) is 4.23. The van der Waals surface area contributed by atoms with Crippen molar-refractivity contribution in [2.45, 2.75) is 18.4 Å². The van der Waals surface area contributed by atoms with Gasteiger partial charge in [0.2, 0.25) is 0 Å². The molecule has 0 heterocycles. The molecule has 1 amide bonds. The average Bonchev–Trinajstić information content (AvgIpc) is 3.00. The number of sulfonamides is 1. The summed E-state index contributed by atoms with van der Waals surface area (Å²) in [6.07, 6.45) is 1.43. The molecule has 0 aliphatic heterocycles. The van der Waals surface area contributed by atoms with E-state index in [1.54, 1.807) is 66.7 Å². The molecule has 1 N–H and O–H groups in total. The molecule has 218 valence electrons. The Labute approximate surface area is 250 Å². The number of halogens is 1. The number of ether oxygens (including phenoxy) is 3. The van der Waals surface area contributed by atoms with E-state index in [1.165, 1.54) is 25.5 Å². The van der Waals surface area contributed by atoms with Crippen LogP contribution in [0.25, 0.3) is 0 Å². The van der Waals surface area contributed by atoms with Crippen molar-refractivity contribution in [2.75, 3.05) is 24.6 Å². The number of amides is 1. The highest BCUT2D eigenvalue weighted by molar-refractivity contribution is 7.92. The van der Waals surface area contributed by atoms with Crippen LogP contribution in [-0.4, -0.2) is 40.8 Å². The molecule has 0 unspecified atom stereocenters. The number of hydrogen-bond acceptors (Lipinski definition) is 7. The van der Waals surface area contributed by atoms with Crippen LogP contribution >= 0.6 is 11.6 Å². The quantitative estimate of drug-likeness (QED) is 0.155. The SMILES string of the molecule is CCOc1cc(/C=N\NC(=O)CN(c2cccc(OC)c2)S(=O)(=O)c2ccccc2)ccc1OCc1cccc(Cl)c1. The van der Waals surface area contributed by atoms with Crippen LogP contribution in [0.2, 0.25) is 5.02 Å². The van der Waals surface area contributed by atoms with Crippen molar-refractivity contribution in [2.24, 2.45) is 5.10 Å². The Balaban J connectivity index is 1.47. The van der Waals surface area contributed by atoms with Crippen molar-refractivity contribution in [3.63, 3.8) is 0 Å². The molecule has 0 aliphatic carbocycles. The lowest BCUT2D eigenvalue weighted by Gasteiger charge is -2.24. The number of hydrogen-bond donors (Lipinski definition) is 1. The summed E-state index contributed by atoms with van der Waals surface area (Å²) >= 11 is 6.06. The van der Waals surface area contributed by atoms with Crippen LogP contribution in [0.3, 0.4) is 0 Å². The summed E-state index contributed by atoms with van der Waals surface area (Å²) in [5, 5.41) is 4.65. The molecule has 11 heteroatoms. The zero-order valence-corrected chi connectivity index (χ0v) is 24.6. The normalized spacial score (nSPS) is 11.2. The second-order valence-electron chi connectivity index (χ2n) is 8.88. The van der Waals surface area contributed by atoms with E-state index in [0.29, 0.717) is 41.0 Å². The molecule has 4 aromatic carbocycles. The van der Waals surface area contributed by atoms with Crippen LogP contribution in [0.5, 0.6) is 17.2 Å². The molecule has 0 saturated heterocycles. The van der Waals surface area contributed by atoms with E-state index in [2.05, 4.69) is 10.5 Å². The highest BCUT2D eigenvalue weighted by Crippen LogP contribution is 2.29. The lowest BCUT2D eigenvalue weighted by molar-refractivity contribution is -0.119. The zero-order chi connectivity index (χ0) is 30.0. The van der Waals surface area contributed by atoms with Crippen LogP contribution in [0.15, 0.2) is 107 Å². The van der Waals surface area contributed by atoms with Gasteiger partial charge in [-0.05, 0) is 72.6 Å². The van der Waals surface area contributed by atoms with Gasteiger partial charge in [-0.2, -0.15) is 5.10 Å². The second kappa shape index (κ2) is 14.4. The Morgan fingerprint density at radius 2 is 1.71 bits per heavy atom. The van der Waals surface area contributed by atoms with Gasteiger partial charge in [-0.15, -0.1) is 0 Å². The number of benzene rings is 4. The van der Waals surface area contributed by atoms with Gasteiger partial charge in [0.05, 0.1) is 30.5 Å². The maximum Gasteiger partial charge on any atom is 0.264 e. The molecular weight excluding hydrogens is 578 g/mol. The number of anilines is 1. The van der Waals surface area contributed by atoms with Crippen LogP contribution in [-0.2, 0) is 21.4 Å². The van der Waals surface area contributed by atoms with Crippen LogP contribution in [0.1, 0.15) is 18.1 Å². The minimum absolute atomic E-state index is 0.0465. The van der Waals surface area contributed by atoms with E-state index in [4.69, 9.17) is 25.8 Å². The molecule has 0 atom stereocenters. The van der Waals surface area contributed by atoms with E-state index in [1.807, 2.05) is 25.1 Å². The summed E-state index contributed by atoms with van der Waals surface area (Å²) in [5.74, 6) is 0.857. The number of nitrogens with zero attached hydrogens (tertiary/aromatic N) is 2. The summed E-state index contributed by atoms with van der Waals surface area (Å²) in [6.45, 7) is 2.07. The van der Waals surface area contributed by atoms with Crippen molar-refractivity contribution in [1.82, 2.24) is 5.43 Å². The molecule has 0 saturated carbocycles. The molecule has 4 aromatic rings. The summed E-state index contributed by atoms with van der Waals surface area (Å²) < 4.78 is 44.9. The Morgan fingerprint density at radius 3 is 2.45 bits per heavy atom. The highest BCUT2D eigenvalue weighted by Gasteiger charge is 2.27. The average molecular weight is 608 g/mol. The van der Waals surface area contributed by atoms with E-state index in [9.17, 15) is 13.2 Å². The van der Waals surface area contributed by atoms with Crippen LogP contribution < -0.4 is 23.9 Å². The molecule has 0 aromatic heterocycles. The Hall–Kier alpha value is -4.54. The zero-order valence-electron chi connectivity index (χ0n) is 23.1. The third-order valence-electron chi connectivity index (χ3n) is 5.91. The van der Waals surface area contributed by atoms with E-state index < -0.39 is 22.5 Å². The standard InChI is InChI=1S/C31H30ClN3O6S/c1-3-40-30-18-23(15-16-29(30)41-22-24-9-7-10-25(32)17-24)20-33-34-31(36)21-35(26-11-8-12-27(19-26)39-2)42(37,38)28-13-5-4-6-14-28/h4-20H,3,21-22H2,1-2H3,(H,34,36)/b33-20-. The third kappa shape index (κ3) is 8.02. The maximum absolute atomic E-state index is 13.5. The van der Waals surface area contributed by atoms with E-state index >= 15 is 0 Å². The second-order valence-corrected chi connectivity index (χ2v) is 11.2.